The summed E-state index contributed by atoms with van der Waals surface area (Å²) in [6.07, 6.45) is 0. The number of benzene rings is 1. The number of sulfonamides is 1. The van der Waals surface area contributed by atoms with Crippen LogP contribution in [0.2, 0.25) is 0 Å². The van der Waals surface area contributed by atoms with Gasteiger partial charge in [0.05, 0.1) is 24.7 Å². The lowest BCUT2D eigenvalue weighted by Crippen LogP contribution is -2.37. The predicted molar refractivity (Wildman–Crippen MR) is 103 cm³/mol. The van der Waals surface area contributed by atoms with E-state index in [1.54, 1.807) is 26.1 Å². The second kappa shape index (κ2) is 7.45. The van der Waals surface area contributed by atoms with Crippen LogP contribution in [0.25, 0.3) is 11.0 Å². The molecule has 1 aliphatic heterocycles. The van der Waals surface area contributed by atoms with Gasteiger partial charge in [-0.15, -0.1) is 0 Å². The van der Waals surface area contributed by atoms with E-state index < -0.39 is 10.0 Å². The van der Waals surface area contributed by atoms with Gasteiger partial charge in [-0.3, -0.25) is 9.52 Å². The van der Waals surface area contributed by atoms with Crippen LogP contribution in [0, 0.1) is 0 Å². The van der Waals surface area contributed by atoms with Gasteiger partial charge in [-0.2, -0.15) is 0 Å². The normalized spacial score (nSPS) is 15.3. The average Bonchev–Trinajstić information content (AvgIpc) is 3.00. The molecule has 10 heteroatoms. The fraction of sp³-hybridized carbons (Fsp3) is 0.438. The molecule has 0 bridgehead atoms. The fourth-order valence-corrected chi connectivity index (χ4v) is 3.98. The van der Waals surface area contributed by atoms with Crippen LogP contribution < -0.4 is 14.9 Å². The highest BCUT2D eigenvalue weighted by Crippen LogP contribution is 2.38. The molecule has 0 unspecified atom stereocenters. The van der Waals surface area contributed by atoms with Gasteiger partial charge in [0, 0.05) is 36.1 Å². The van der Waals surface area contributed by atoms with Crippen molar-refractivity contribution in [2.45, 2.75) is 6.92 Å². The summed E-state index contributed by atoms with van der Waals surface area (Å²) >= 11 is 3.38. The molecule has 2 heterocycles. The van der Waals surface area contributed by atoms with Crippen molar-refractivity contribution in [3.05, 3.63) is 22.2 Å². The van der Waals surface area contributed by atoms with Crippen LogP contribution in [0.3, 0.4) is 0 Å². The van der Waals surface area contributed by atoms with Gasteiger partial charge in [0.2, 0.25) is 15.9 Å². The summed E-state index contributed by atoms with van der Waals surface area (Å²) in [5, 5.41) is 3.25. The number of halogens is 1. The van der Waals surface area contributed by atoms with E-state index in [9.17, 15) is 13.2 Å². The topological polar surface area (TPSA) is 101 Å². The van der Waals surface area contributed by atoms with Gasteiger partial charge in [-0.1, -0.05) is 0 Å². The Balaban J connectivity index is 2.14. The van der Waals surface area contributed by atoms with E-state index in [0.29, 0.717) is 58.9 Å². The minimum absolute atomic E-state index is 0.0435. The molecule has 1 amide bonds. The van der Waals surface area contributed by atoms with Crippen molar-refractivity contribution < 1.29 is 22.4 Å². The van der Waals surface area contributed by atoms with Crippen LogP contribution in [-0.4, -0.2) is 53.4 Å². The second-order valence-electron chi connectivity index (χ2n) is 5.79. The van der Waals surface area contributed by atoms with E-state index in [0.717, 1.165) is 0 Å². The van der Waals surface area contributed by atoms with Crippen LogP contribution in [0.4, 0.5) is 11.6 Å². The zero-order chi connectivity index (χ0) is 18.9. The van der Waals surface area contributed by atoms with E-state index in [2.05, 4.69) is 26.0 Å². The molecule has 0 radical (unpaired) electrons. The standard InChI is InChI=1S/C16H20BrN3O5S/c1-3-26(22,23)19-12-9-13-10(8-11(12)17)14(15(21)18-2)16(25-13)20-4-6-24-7-5-20/h8-9,19H,3-7H2,1-2H3,(H,18,21). The zero-order valence-corrected chi connectivity index (χ0v) is 16.9. The van der Waals surface area contributed by atoms with Crippen molar-refractivity contribution in [2.24, 2.45) is 0 Å². The largest absolute Gasteiger partial charge is 0.440 e. The molecule has 2 aromatic rings. The second-order valence-corrected chi connectivity index (χ2v) is 8.66. The molecule has 0 spiro atoms. The number of carbonyl (C=O) groups is 1. The lowest BCUT2D eigenvalue weighted by molar-refractivity contribution is 0.0961. The highest BCUT2D eigenvalue weighted by molar-refractivity contribution is 9.10. The van der Waals surface area contributed by atoms with E-state index >= 15 is 0 Å². The number of morpholine rings is 1. The Kier molecular flexibility index (Phi) is 5.44. The van der Waals surface area contributed by atoms with E-state index in [1.807, 2.05) is 4.90 Å². The Morgan fingerprint density at radius 3 is 2.62 bits per heavy atom. The summed E-state index contributed by atoms with van der Waals surface area (Å²) in [7, 11) is -1.88. The minimum Gasteiger partial charge on any atom is -0.440 e. The number of nitrogens with zero attached hydrogens (tertiary/aromatic N) is 1. The SMILES string of the molecule is CCS(=O)(=O)Nc1cc2oc(N3CCOCC3)c(C(=O)NC)c2cc1Br. The molecule has 1 fully saturated rings. The lowest BCUT2D eigenvalue weighted by atomic mass is 10.1. The van der Waals surface area contributed by atoms with E-state index in [-0.39, 0.29) is 11.7 Å². The summed E-state index contributed by atoms with van der Waals surface area (Å²) in [5.41, 5.74) is 1.22. The quantitative estimate of drug-likeness (QED) is 0.730. The van der Waals surface area contributed by atoms with Gasteiger partial charge in [0.1, 0.15) is 11.1 Å². The smallest absolute Gasteiger partial charge is 0.257 e. The number of nitrogens with one attached hydrogen (secondary N) is 2. The Bertz CT molecular complexity index is 935. The molecule has 0 atom stereocenters. The molecule has 0 aliphatic carbocycles. The van der Waals surface area contributed by atoms with Crippen molar-refractivity contribution >= 4 is 54.4 Å². The Morgan fingerprint density at radius 2 is 2.00 bits per heavy atom. The number of ether oxygens (including phenoxy) is 1. The first-order valence-corrected chi connectivity index (χ1v) is 10.6. The first-order chi connectivity index (χ1) is 12.4. The molecule has 142 valence electrons. The van der Waals surface area contributed by atoms with Crippen LogP contribution in [0.15, 0.2) is 21.0 Å². The van der Waals surface area contributed by atoms with Crippen LogP contribution in [-0.2, 0) is 14.8 Å². The number of amides is 1. The first kappa shape index (κ1) is 19.0. The van der Waals surface area contributed by atoms with Crippen LogP contribution in [0.1, 0.15) is 17.3 Å². The van der Waals surface area contributed by atoms with E-state index in [4.69, 9.17) is 9.15 Å². The maximum absolute atomic E-state index is 12.5. The van der Waals surface area contributed by atoms with Crippen molar-refractivity contribution in [2.75, 3.05) is 48.7 Å². The molecule has 1 aromatic carbocycles. The summed E-state index contributed by atoms with van der Waals surface area (Å²) in [4.78, 5) is 14.4. The van der Waals surface area contributed by atoms with Crippen molar-refractivity contribution in [3.8, 4) is 0 Å². The summed E-state index contributed by atoms with van der Waals surface area (Å²) in [6.45, 7) is 3.88. The third kappa shape index (κ3) is 3.67. The number of hydrogen-bond acceptors (Lipinski definition) is 6. The highest BCUT2D eigenvalue weighted by Gasteiger charge is 2.27. The molecule has 26 heavy (non-hydrogen) atoms. The summed E-state index contributed by atoms with van der Waals surface area (Å²) < 4.78 is 38.1. The van der Waals surface area contributed by atoms with Crippen molar-refractivity contribution in [1.29, 1.82) is 0 Å². The number of carbonyl (C=O) groups excluding carboxylic acids is 1. The highest BCUT2D eigenvalue weighted by atomic mass is 79.9. The Labute approximate surface area is 160 Å². The van der Waals surface area contributed by atoms with Gasteiger partial charge < -0.3 is 19.4 Å². The number of hydrogen-bond donors (Lipinski definition) is 2. The molecular formula is C16H20BrN3O5S. The number of rotatable bonds is 5. The first-order valence-electron chi connectivity index (χ1n) is 8.17. The van der Waals surface area contributed by atoms with Crippen LogP contribution in [0.5, 0.6) is 0 Å². The van der Waals surface area contributed by atoms with Gasteiger partial charge in [-0.25, -0.2) is 8.42 Å². The average molecular weight is 446 g/mol. The van der Waals surface area contributed by atoms with Crippen LogP contribution >= 0.6 is 15.9 Å². The third-order valence-electron chi connectivity index (χ3n) is 4.16. The molecule has 0 saturated carbocycles. The Hall–Kier alpha value is -1.78. The third-order valence-corrected chi connectivity index (χ3v) is 6.10. The van der Waals surface area contributed by atoms with Crippen molar-refractivity contribution in [1.82, 2.24) is 5.32 Å². The summed E-state index contributed by atoms with van der Waals surface area (Å²) in [5.74, 6) is 0.155. The molecule has 3 rings (SSSR count). The molecule has 1 aliphatic rings. The Morgan fingerprint density at radius 1 is 1.31 bits per heavy atom. The summed E-state index contributed by atoms with van der Waals surface area (Å²) in [6, 6.07) is 3.28. The molecule has 8 nitrogen and oxygen atoms in total. The maximum atomic E-state index is 12.5. The zero-order valence-electron chi connectivity index (χ0n) is 14.5. The minimum atomic E-state index is -3.44. The number of fused-ring (bicyclic) bond motifs is 1. The van der Waals surface area contributed by atoms with Gasteiger partial charge in [0.25, 0.3) is 5.91 Å². The van der Waals surface area contributed by atoms with Gasteiger partial charge in [0.15, 0.2) is 0 Å². The van der Waals surface area contributed by atoms with Gasteiger partial charge in [-0.05, 0) is 28.9 Å². The number of furan rings is 1. The van der Waals surface area contributed by atoms with E-state index in [1.165, 1.54) is 0 Å². The predicted octanol–water partition coefficient (Wildman–Crippen LogP) is 2.15. The molecule has 2 N–H and O–H groups in total. The number of anilines is 2. The van der Waals surface area contributed by atoms with Gasteiger partial charge >= 0.3 is 0 Å². The monoisotopic (exact) mass is 445 g/mol. The lowest BCUT2D eigenvalue weighted by Gasteiger charge is -2.27. The molecule has 1 aromatic heterocycles. The molecular weight excluding hydrogens is 426 g/mol. The van der Waals surface area contributed by atoms with Crippen molar-refractivity contribution in [3.63, 3.8) is 0 Å². The fourth-order valence-electron chi connectivity index (χ4n) is 2.76. The molecule has 1 saturated heterocycles. The maximum Gasteiger partial charge on any atom is 0.257 e.